The molecule has 0 spiro atoms. The molecule has 1 amide bonds. The molecule has 0 bridgehead atoms. The van der Waals surface area contributed by atoms with Gasteiger partial charge in [0.1, 0.15) is 0 Å². The molecule has 108 valence electrons. The number of nitrogens with one attached hydrogen (secondary N) is 1. The van der Waals surface area contributed by atoms with Crippen molar-refractivity contribution in [1.82, 2.24) is 10.2 Å². The standard InChI is InChI=1S/C13H22N2O3S/c1-10(12-5-4-6-19-12)14-13(17)8-15(2)7-11(16)9-18-3/h4-6,10-11,16H,7-9H2,1-3H3,(H,14,17). The normalized spacial score (nSPS) is 14.4. The molecule has 1 heterocycles. The number of nitrogens with zero attached hydrogens (tertiary/aromatic N) is 1. The lowest BCUT2D eigenvalue weighted by Crippen LogP contribution is -2.40. The summed E-state index contributed by atoms with van der Waals surface area (Å²) >= 11 is 1.62. The van der Waals surface area contributed by atoms with E-state index in [0.717, 1.165) is 4.88 Å². The molecule has 0 aliphatic rings. The minimum Gasteiger partial charge on any atom is -0.389 e. The average molecular weight is 286 g/mol. The third-order valence-electron chi connectivity index (χ3n) is 2.64. The summed E-state index contributed by atoms with van der Waals surface area (Å²) < 4.78 is 4.85. The molecule has 6 heteroatoms. The number of aliphatic hydroxyl groups is 1. The van der Waals surface area contributed by atoms with Crippen molar-refractivity contribution in [1.29, 1.82) is 0 Å². The first-order valence-corrected chi connectivity index (χ1v) is 7.09. The number of amides is 1. The van der Waals surface area contributed by atoms with E-state index in [2.05, 4.69) is 5.32 Å². The van der Waals surface area contributed by atoms with Crippen molar-refractivity contribution in [3.8, 4) is 0 Å². The molecule has 0 saturated carbocycles. The van der Waals surface area contributed by atoms with Crippen LogP contribution in [-0.4, -0.2) is 55.9 Å². The van der Waals surface area contributed by atoms with Gasteiger partial charge >= 0.3 is 0 Å². The lowest BCUT2D eigenvalue weighted by molar-refractivity contribution is -0.122. The van der Waals surface area contributed by atoms with Gasteiger partial charge in [-0.3, -0.25) is 9.69 Å². The van der Waals surface area contributed by atoms with Crippen LogP contribution in [0.15, 0.2) is 17.5 Å². The van der Waals surface area contributed by atoms with E-state index in [1.165, 1.54) is 0 Å². The molecule has 0 radical (unpaired) electrons. The van der Waals surface area contributed by atoms with Gasteiger partial charge in [-0.15, -0.1) is 11.3 Å². The maximum absolute atomic E-state index is 11.8. The zero-order valence-corrected chi connectivity index (χ0v) is 12.4. The molecular formula is C13H22N2O3S. The molecule has 1 rings (SSSR count). The fourth-order valence-electron chi connectivity index (χ4n) is 1.81. The van der Waals surface area contributed by atoms with Crippen molar-refractivity contribution < 1.29 is 14.6 Å². The van der Waals surface area contributed by atoms with Gasteiger partial charge in [0.25, 0.3) is 0 Å². The van der Waals surface area contributed by atoms with Gasteiger partial charge in [0, 0.05) is 18.5 Å². The second-order valence-electron chi connectivity index (χ2n) is 4.61. The van der Waals surface area contributed by atoms with Gasteiger partial charge in [-0.2, -0.15) is 0 Å². The van der Waals surface area contributed by atoms with E-state index < -0.39 is 6.10 Å². The highest BCUT2D eigenvalue weighted by atomic mass is 32.1. The number of rotatable bonds is 8. The van der Waals surface area contributed by atoms with Crippen LogP contribution < -0.4 is 5.32 Å². The predicted molar refractivity (Wildman–Crippen MR) is 76.3 cm³/mol. The van der Waals surface area contributed by atoms with Crippen LogP contribution in [0.25, 0.3) is 0 Å². The Kier molecular flexibility index (Phi) is 7.01. The van der Waals surface area contributed by atoms with Gasteiger partial charge in [-0.25, -0.2) is 0 Å². The number of methoxy groups -OCH3 is 1. The van der Waals surface area contributed by atoms with Crippen molar-refractivity contribution in [3.63, 3.8) is 0 Å². The molecule has 0 aliphatic heterocycles. The van der Waals surface area contributed by atoms with E-state index in [1.807, 2.05) is 24.4 Å². The lowest BCUT2D eigenvalue weighted by Gasteiger charge is -2.20. The van der Waals surface area contributed by atoms with E-state index in [0.29, 0.717) is 6.54 Å². The van der Waals surface area contributed by atoms with Gasteiger partial charge in [0.05, 0.1) is 25.3 Å². The second-order valence-corrected chi connectivity index (χ2v) is 5.59. The molecule has 1 aromatic heterocycles. The lowest BCUT2D eigenvalue weighted by atomic mass is 10.2. The molecule has 0 saturated heterocycles. The molecule has 0 aliphatic carbocycles. The summed E-state index contributed by atoms with van der Waals surface area (Å²) in [5.41, 5.74) is 0. The van der Waals surface area contributed by atoms with Crippen molar-refractivity contribution in [3.05, 3.63) is 22.4 Å². The highest BCUT2D eigenvalue weighted by molar-refractivity contribution is 7.10. The maximum Gasteiger partial charge on any atom is 0.234 e. The highest BCUT2D eigenvalue weighted by Gasteiger charge is 2.14. The van der Waals surface area contributed by atoms with Crippen LogP contribution in [0.4, 0.5) is 0 Å². The third kappa shape index (κ3) is 6.15. The Hall–Kier alpha value is -0.950. The number of aliphatic hydroxyl groups excluding tert-OH is 1. The van der Waals surface area contributed by atoms with Crippen LogP contribution in [0.3, 0.4) is 0 Å². The van der Waals surface area contributed by atoms with E-state index in [9.17, 15) is 9.90 Å². The molecule has 2 N–H and O–H groups in total. The number of ether oxygens (including phenoxy) is 1. The molecule has 0 aromatic carbocycles. The smallest absolute Gasteiger partial charge is 0.234 e. The zero-order chi connectivity index (χ0) is 14.3. The zero-order valence-electron chi connectivity index (χ0n) is 11.6. The van der Waals surface area contributed by atoms with Crippen LogP contribution in [0.5, 0.6) is 0 Å². The quantitative estimate of drug-likeness (QED) is 0.744. The Morgan fingerprint density at radius 1 is 1.63 bits per heavy atom. The number of likely N-dealkylation sites (N-methyl/N-ethyl adjacent to an activating group) is 1. The number of carbonyl (C=O) groups excluding carboxylic acids is 1. The van der Waals surface area contributed by atoms with Gasteiger partial charge < -0.3 is 15.2 Å². The summed E-state index contributed by atoms with van der Waals surface area (Å²) in [6, 6.07) is 3.99. The monoisotopic (exact) mass is 286 g/mol. The fourth-order valence-corrected chi connectivity index (χ4v) is 2.54. The summed E-state index contributed by atoms with van der Waals surface area (Å²) in [6.07, 6.45) is -0.572. The van der Waals surface area contributed by atoms with Crippen LogP contribution in [0, 0.1) is 0 Å². The Labute approximate surface area is 118 Å². The van der Waals surface area contributed by atoms with Crippen molar-refractivity contribution in [2.24, 2.45) is 0 Å². The molecule has 0 fully saturated rings. The number of thiophene rings is 1. The van der Waals surface area contributed by atoms with Gasteiger partial charge in [-0.1, -0.05) is 6.07 Å². The first kappa shape index (κ1) is 16.1. The SMILES string of the molecule is COCC(O)CN(C)CC(=O)NC(C)c1cccs1. The minimum atomic E-state index is -0.572. The Balaban J connectivity index is 2.30. The van der Waals surface area contributed by atoms with Crippen molar-refractivity contribution >= 4 is 17.2 Å². The third-order valence-corrected chi connectivity index (χ3v) is 3.70. The molecule has 2 unspecified atom stereocenters. The number of hydrogen-bond acceptors (Lipinski definition) is 5. The number of hydrogen-bond donors (Lipinski definition) is 2. The second kappa shape index (κ2) is 8.27. The molecule has 2 atom stereocenters. The average Bonchev–Trinajstić information content (AvgIpc) is 2.81. The summed E-state index contributed by atoms with van der Waals surface area (Å²) in [6.45, 7) is 2.91. The van der Waals surface area contributed by atoms with E-state index in [4.69, 9.17) is 4.74 Å². The highest BCUT2D eigenvalue weighted by Crippen LogP contribution is 2.17. The molecule has 19 heavy (non-hydrogen) atoms. The predicted octanol–water partition coefficient (Wildman–Crippen LogP) is 0.864. The van der Waals surface area contributed by atoms with Crippen LogP contribution in [0.2, 0.25) is 0 Å². The minimum absolute atomic E-state index is 0.0183. The summed E-state index contributed by atoms with van der Waals surface area (Å²) in [4.78, 5) is 14.7. The van der Waals surface area contributed by atoms with Gasteiger partial charge in [-0.05, 0) is 25.4 Å². The first-order chi connectivity index (χ1) is 9.02. The molecule has 1 aromatic rings. The first-order valence-electron chi connectivity index (χ1n) is 6.21. The van der Waals surface area contributed by atoms with Crippen LogP contribution >= 0.6 is 11.3 Å². The summed E-state index contributed by atoms with van der Waals surface area (Å²) in [7, 11) is 3.34. The Morgan fingerprint density at radius 2 is 2.37 bits per heavy atom. The fraction of sp³-hybridized carbons (Fsp3) is 0.615. The maximum atomic E-state index is 11.8. The van der Waals surface area contributed by atoms with E-state index in [-0.39, 0.29) is 25.1 Å². The van der Waals surface area contributed by atoms with Crippen LogP contribution in [0.1, 0.15) is 17.8 Å². The topological polar surface area (TPSA) is 61.8 Å². The van der Waals surface area contributed by atoms with E-state index >= 15 is 0 Å². The largest absolute Gasteiger partial charge is 0.389 e. The summed E-state index contributed by atoms with van der Waals surface area (Å²) in [5, 5.41) is 14.5. The van der Waals surface area contributed by atoms with Crippen molar-refractivity contribution in [2.75, 3.05) is 33.9 Å². The van der Waals surface area contributed by atoms with Crippen molar-refractivity contribution in [2.45, 2.75) is 19.1 Å². The van der Waals surface area contributed by atoms with Crippen LogP contribution in [-0.2, 0) is 9.53 Å². The van der Waals surface area contributed by atoms with Gasteiger partial charge in [0.15, 0.2) is 0 Å². The van der Waals surface area contributed by atoms with Gasteiger partial charge in [0.2, 0.25) is 5.91 Å². The van der Waals surface area contributed by atoms with E-state index in [1.54, 1.807) is 30.4 Å². The molecule has 5 nitrogen and oxygen atoms in total. The summed E-state index contributed by atoms with van der Waals surface area (Å²) in [5.74, 6) is -0.0481. The Bertz CT molecular complexity index is 370. The molecular weight excluding hydrogens is 264 g/mol. The number of carbonyl (C=O) groups is 1. The Morgan fingerprint density at radius 3 is 2.95 bits per heavy atom.